The molecule has 0 radical (unpaired) electrons. The van der Waals surface area contributed by atoms with Crippen LogP contribution in [0.15, 0.2) is 48.5 Å². The van der Waals surface area contributed by atoms with Crippen LogP contribution >= 0.6 is 22.9 Å². The molecule has 0 aliphatic carbocycles. The zero-order valence-electron chi connectivity index (χ0n) is 15.9. The van der Waals surface area contributed by atoms with E-state index in [1.165, 1.54) is 4.70 Å². The minimum Gasteiger partial charge on any atom is -0.341 e. The number of aromatic nitrogens is 1. The fraction of sp³-hybridized carbons (Fsp3) is 0.364. The highest BCUT2D eigenvalue weighted by Crippen LogP contribution is 2.33. The van der Waals surface area contributed by atoms with Crippen LogP contribution in [-0.2, 0) is 4.79 Å². The average Bonchev–Trinajstić information content (AvgIpc) is 3.17. The Kier molecular flexibility index (Phi) is 5.95. The summed E-state index contributed by atoms with van der Waals surface area (Å²) in [4.78, 5) is 19.6. The van der Waals surface area contributed by atoms with Gasteiger partial charge in [0.05, 0.1) is 21.8 Å². The monoisotopic (exact) mass is 413 g/mol. The van der Waals surface area contributed by atoms with Crippen LogP contribution in [0.2, 0.25) is 5.02 Å². The Morgan fingerprint density at radius 1 is 1.29 bits per heavy atom. The quantitative estimate of drug-likeness (QED) is 0.639. The number of amides is 1. The third kappa shape index (κ3) is 4.37. The molecule has 1 aliphatic heterocycles. The van der Waals surface area contributed by atoms with Crippen LogP contribution in [0.25, 0.3) is 10.2 Å². The molecular weight excluding hydrogens is 390 g/mol. The number of rotatable bonds is 5. The minimum absolute atomic E-state index is 0.103. The molecule has 28 heavy (non-hydrogen) atoms. The van der Waals surface area contributed by atoms with E-state index in [9.17, 15) is 4.79 Å². The van der Waals surface area contributed by atoms with Crippen molar-refractivity contribution in [1.82, 2.24) is 15.2 Å². The van der Waals surface area contributed by atoms with Gasteiger partial charge in [0.25, 0.3) is 0 Å². The lowest BCUT2D eigenvalue weighted by Gasteiger charge is -2.32. The van der Waals surface area contributed by atoms with Crippen LogP contribution in [-0.4, -0.2) is 35.4 Å². The summed E-state index contributed by atoms with van der Waals surface area (Å²) in [6.07, 6.45) is 2.12. The van der Waals surface area contributed by atoms with Gasteiger partial charge < -0.3 is 10.2 Å². The van der Waals surface area contributed by atoms with Crippen LogP contribution in [0.1, 0.15) is 42.3 Å². The number of hydrogen-bond acceptors (Lipinski definition) is 4. The van der Waals surface area contributed by atoms with E-state index in [4.69, 9.17) is 16.6 Å². The van der Waals surface area contributed by atoms with Gasteiger partial charge in [-0.15, -0.1) is 11.3 Å². The molecule has 0 unspecified atom stereocenters. The van der Waals surface area contributed by atoms with Crippen molar-refractivity contribution in [3.8, 4) is 0 Å². The average molecular weight is 414 g/mol. The molecule has 1 amide bonds. The van der Waals surface area contributed by atoms with Crippen LogP contribution in [0.3, 0.4) is 0 Å². The van der Waals surface area contributed by atoms with Crippen molar-refractivity contribution < 1.29 is 4.79 Å². The van der Waals surface area contributed by atoms with Gasteiger partial charge in [-0.2, -0.15) is 0 Å². The molecule has 3 aromatic rings. The predicted octanol–water partition coefficient (Wildman–Crippen LogP) is 5.01. The van der Waals surface area contributed by atoms with E-state index in [1.807, 2.05) is 35.2 Å². The number of carbonyl (C=O) groups is 1. The molecule has 1 N–H and O–H groups in total. The molecule has 4 rings (SSSR count). The molecule has 2 aromatic carbocycles. The number of halogens is 1. The van der Waals surface area contributed by atoms with E-state index in [2.05, 4.69) is 30.4 Å². The summed E-state index contributed by atoms with van der Waals surface area (Å²) in [5.74, 6) is 0.496. The molecule has 1 fully saturated rings. The van der Waals surface area contributed by atoms with Crippen LogP contribution < -0.4 is 5.32 Å². The number of nitrogens with one attached hydrogen (secondary N) is 1. The van der Waals surface area contributed by atoms with Gasteiger partial charge in [0, 0.05) is 30.1 Å². The Hall–Kier alpha value is -1.95. The van der Waals surface area contributed by atoms with Crippen LogP contribution in [0.5, 0.6) is 0 Å². The first kappa shape index (κ1) is 19.4. The molecule has 4 nitrogen and oxygen atoms in total. The smallest absolute Gasteiger partial charge is 0.236 e. The van der Waals surface area contributed by atoms with Gasteiger partial charge in [-0.25, -0.2) is 4.98 Å². The number of para-hydroxylation sites is 1. The van der Waals surface area contributed by atoms with Crippen LogP contribution in [0, 0.1) is 0 Å². The van der Waals surface area contributed by atoms with E-state index in [-0.39, 0.29) is 11.9 Å². The van der Waals surface area contributed by atoms with Gasteiger partial charge in [0.15, 0.2) is 0 Å². The number of thiazole rings is 1. The number of likely N-dealkylation sites (tertiary alicyclic amines) is 1. The summed E-state index contributed by atoms with van der Waals surface area (Å²) in [6, 6.07) is 16.1. The Balaban J connectivity index is 1.35. The highest BCUT2D eigenvalue weighted by Gasteiger charge is 2.27. The third-order valence-electron chi connectivity index (χ3n) is 5.36. The Labute approximate surface area is 174 Å². The summed E-state index contributed by atoms with van der Waals surface area (Å²) in [5, 5.41) is 5.22. The van der Waals surface area contributed by atoms with Crippen molar-refractivity contribution >= 4 is 39.1 Å². The number of hydrogen-bond donors (Lipinski definition) is 1. The lowest BCUT2D eigenvalue weighted by Crippen LogP contribution is -2.43. The molecule has 0 spiro atoms. The van der Waals surface area contributed by atoms with Crippen molar-refractivity contribution in [2.45, 2.75) is 31.7 Å². The van der Waals surface area contributed by atoms with Crippen molar-refractivity contribution in [1.29, 1.82) is 0 Å². The largest absolute Gasteiger partial charge is 0.341 e. The summed E-state index contributed by atoms with van der Waals surface area (Å²) < 4.78 is 1.22. The summed E-state index contributed by atoms with van der Waals surface area (Å²) in [7, 11) is 0. The van der Waals surface area contributed by atoms with Gasteiger partial charge in [-0.3, -0.25) is 4.79 Å². The number of piperidine rings is 1. The van der Waals surface area contributed by atoms with Crippen molar-refractivity contribution in [2.75, 3.05) is 19.6 Å². The highest BCUT2D eigenvalue weighted by atomic mass is 35.5. The Bertz CT molecular complexity index is 923. The summed E-state index contributed by atoms with van der Waals surface area (Å²) in [6.45, 7) is 4.00. The van der Waals surface area contributed by atoms with Gasteiger partial charge in [-0.1, -0.05) is 35.9 Å². The molecule has 2 atom stereocenters. The number of fused-ring (bicyclic) bond motifs is 1. The van der Waals surface area contributed by atoms with Crippen molar-refractivity contribution in [3.63, 3.8) is 0 Å². The molecular formula is C22H24ClN3OS. The fourth-order valence-corrected chi connectivity index (χ4v) is 4.91. The van der Waals surface area contributed by atoms with E-state index in [0.717, 1.165) is 47.0 Å². The van der Waals surface area contributed by atoms with Crippen LogP contribution in [0.4, 0.5) is 0 Å². The Morgan fingerprint density at radius 3 is 2.86 bits per heavy atom. The van der Waals surface area contributed by atoms with Crippen molar-refractivity contribution in [2.24, 2.45) is 0 Å². The zero-order chi connectivity index (χ0) is 19.5. The molecule has 1 aromatic heterocycles. The summed E-state index contributed by atoms with van der Waals surface area (Å²) in [5.41, 5.74) is 2.19. The second-order valence-electron chi connectivity index (χ2n) is 7.35. The predicted molar refractivity (Wildman–Crippen MR) is 116 cm³/mol. The minimum atomic E-state index is 0.103. The molecule has 2 heterocycles. The number of benzene rings is 2. The molecule has 0 saturated carbocycles. The zero-order valence-corrected chi connectivity index (χ0v) is 17.5. The first-order chi connectivity index (χ1) is 13.6. The van der Waals surface area contributed by atoms with Gasteiger partial charge in [0.2, 0.25) is 5.91 Å². The van der Waals surface area contributed by atoms with Gasteiger partial charge in [0.1, 0.15) is 0 Å². The standard InChI is InChI=1S/C22H24ClN3OS/c1-15(16-8-10-18(23)11-9-16)24-13-21(27)26-12-4-5-17(14-26)22-25-19-6-2-3-7-20(19)28-22/h2-3,6-11,15,17,24H,4-5,12-14H2,1H3/t15-,17+/m0/s1. The first-order valence-corrected chi connectivity index (χ1v) is 10.9. The van der Waals surface area contributed by atoms with E-state index >= 15 is 0 Å². The fourth-order valence-electron chi connectivity index (χ4n) is 3.69. The summed E-state index contributed by atoms with van der Waals surface area (Å²) >= 11 is 7.71. The van der Waals surface area contributed by atoms with Gasteiger partial charge >= 0.3 is 0 Å². The normalized spacial score (nSPS) is 18.4. The van der Waals surface area contributed by atoms with E-state index < -0.39 is 0 Å². The molecule has 146 valence electrons. The maximum atomic E-state index is 12.8. The maximum Gasteiger partial charge on any atom is 0.236 e. The molecule has 0 bridgehead atoms. The molecule has 6 heteroatoms. The van der Waals surface area contributed by atoms with E-state index in [0.29, 0.717) is 12.5 Å². The van der Waals surface area contributed by atoms with Crippen molar-refractivity contribution in [3.05, 3.63) is 64.1 Å². The van der Waals surface area contributed by atoms with Gasteiger partial charge in [-0.05, 0) is 49.6 Å². The highest BCUT2D eigenvalue weighted by molar-refractivity contribution is 7.18. The number of carbonyl (C=O) groups excluding carboxylic acids is 1. The third-order valence-corrected chi connectivity index (χ3v) is 6.81. The van der Waals surface area contributed by atoms with E-state index in [1.54, 1.807) is 11.3 Å². The first-order valence-electron chi connectivity index (χ1n) is 9.72. The SMILES string of the molecule is C[C@H](NCC(=O)N1CCC[C@@H](c2nc3ccccc3s2)C1)c1ccc(Cl)cc1. The molecule has 1 saturated heterocycles. The lowest BCUT2D eigenvalue weighted by molar-refractivity contribution is -0.131. The second-order valence-corrected chi connectivity index (χ2v) is 8.85. The topological polar surface area (TPSA) is 45.2 Å². The lowest BCUT2D eigenvalue weighted by atomic mass is 9.98. The second kappa shape index (κ2) is 8.60. The molecule has 1 aliphatic rings. The number of nitrogens with zero attached hydrogens (tertiary/aromatic N) is 2. The maximum absolute atomic E-state index is 12.8. The Morgan fingerprint density at radius 2 is 2.07 bits per heavy atom.